The highest BCUT2D eigenvalue weighted by Gasteiger charge is 2.28. The van der Waals surface area contributed by atoms with E-state index in [1.54, 1.807) is 35.7 Å². The van der Waals surface area contributed by atoms with Gasteiger partial charge in [-0.25, -0.2) is 24.4 Å². The Bertz CT molecular complexity index is 1640. The molecule has 2 aromatic carbocycles. The minimum absolute atomic E-state index is 0.0000951. The molecule has 2 aromatic heterocycles. The molecule has 0 saturated heterocycles. The summed E-state index contributed by atoms with van der Waals surface area (Å²) < 4.78 is 5.46. The number of benzene rings is 2. The van der Waals surface area contributed by atoms with Gasteiger partial charge >= 0.3 is 17.9 Å². The van der Waals surface area contributed by atoms with Crippen molar-refractivity contribution >= 4 is 57.7 Å². The monoisotopic (exact) mass is 561 g/mol. The first-order valence-electron chi connectivity index (χ1n) is 11.7. The topological polar surface area (TPSA) is 198 Å². The van der Waals surface area contributed by atoms with Gasteiger partial charge in [-0.1, -0.05) is 6.07 Å². The number of aromatic carboxylic acids is 1. The SMILES string of the molecule is C[C@H](C(=O)O)N(Cc1csc(C(=O)O)c1)C(=O)c1ccc2cc(OC(=O)c3ccc(N=C(N)N)cc3)ccc2n1. The van der Waals surface area contributed by atoms with Gasteiger partial charge < -0.3 is 31.3 Å². The molecule has 0 saturated carbocycles. The predicted octanol–water partition coefficient (Wildman–Crippen LogP) is 3.23. The molecule has 4 rings (SSSR count). The number of hydrogen-bond donors (Lipinski definition) is 4. The molecule has 1 amide bonds. The number of ether oxygens (including phenoxy) is 1. The maximum Gasteiger partial charge on any atom is 0.345 e. The Hall–Kier alpha value is -5.30. The number of nitrogens with zero attached hydrogens (tertiary/aromatic N) is 3. The highest BCUT2D eigenvalue weighted by molar-refractivity contribution is 7.12. The number of rotatable bonds is 9. The van der Waals surface area contributed by atoms with Crippen LogP contribution in [0.25, 0.3) is 10.9 Å². The molecular weight excluding hydrogens is 538 g/mol. The molecule has 0 aliphatic carbocycles. The molecule has 12 nitrogen and oxygen atoms in total. The smallest absolute Gasteiger partial charge is 0.345 e. The van der Waals surface area contributed by atoms with Crippen LogP contribution in [0.15, 0.2) is 71.0 Å². The molecule has 0 unspecified atom stereocenters. The third-order valence-corrected chi connectivity index (χ3v) is 6.72. The maximum absolute atomic E-state index is 13.3. The van der Waals surface area contributed by atoms with E-state index in [1.807, 2.05) is 0 Å². The highest BCUT2D eigenvalue weighted by Crippen LogP contribution is 2.24. The zero-order valence-electron chi connectivity index (χ0n) is 21.0. The van der Waals surface area contributed by atoms with Crippen LogP contribution in [0.2, 0.25) is 0 Å². The van der Waals surface area contributed by atoms with E-state index in [-0.39, 0.29) is 34.4 Å². The van der Waals surface area contributed by atoms with Crippen LogP contribution >= 0.6 is 11.3 Å². The van der Waals surface area contributed by atoms with Crippen LogP contribution in [0.4, 0.5) is 5.69 Å². The van der Waals surface area contributed by atoms with Crippen LogP contribution in [0.5, 0.6) is 5.75 Å². The summed E-state index contributed by atoms with van der Waals surface area (Å²) >= 11 is 0.985. The second-order valence-electron chi connectivity index (χ2n) is 8.60. The van der Waals surface area contributed by atoms with E-state index in [4.69, 9.17) is 21.3 Å². The second kappa shape index (κ2) is 11.6. The lowest BCUT2D eigenvalue weighted by atomic mass is 10.1. The van der Waals surface area contributed by atoms with Crippen molar-refractivity contribution in [3.8, 4) is 5.75 Å². The number of hydrogen-bond acceptors (Lipinski definition) is 8. The Kier molecular flexibility index (Phi) is 8.05. The van der Waals surface area contributed by atoms with E-state index < -0.39 is 29.9 Å². The number of pyridine rings is 1. The summed E-state index contributed by atoms with van der Waals surface area (Å²) in [4.78, 5) is 58.3. The highest BCUT2D eigenvalue weighted by atomic mass is 32.1. The molecule has 4 aromatic rings. The molecule has 0 fully saturated rings. The number of aliphatic carboxylic acids is 1. The van der Waals surface area contributed by atoms with Crippen molar-refractivity contribution in [2.75, 3.05) is 0 Å². The summed E-state index contributed by atoms with van der Waals surface area (Å²) in [5.41, 5.74) is 12.4. The lowest BCUT2D eigenvalue weighted by molar-refractivity contribution is -0.141. The fraction of sp³-hybridized carbons (Fsp3) is 0.111. The maximum atomic E-state index is 13.3. The number of esters is 1. The summed E-state index contributed by atoms with van der Waals surface area (Å²) in [7, 11) is 0. The minimum atomic E-state index is -1.22. The number of thiophene rings is 1. The molecular formula is C27H23N5O7S. The minimum Gasteiger partial charge on any atom is -0.480 e. The van der Waals surface area contributed by atoms with Gasteiger partial charge in [0.15, 0.2) is 5.96 Å². The Labute approximate surface area is 231 Å². The van der Waals surface area contributed by atoms with E-state index in [0.29, 0.717) is 22.2 Å². The molecule has 13 heteroatoms. The first kappa shape index (κ1) is 27.7. The quantitative estimate of drug-likeness (QED) is 0.102. The number of carboxylic acid groups (broad SMARTS) is 2. The molecule has 0 aliphatic heterocycles. The van der Waals surface area contributed by atoms with Gasteiger partial charge in [0.2, 0.25) is 0 Å². The molecule has 0 aliphatic rings. The number of amides is 1. The van der Waals surface area contributed by atoms with E-state index in [2.05, 4.69) is 9.98 Å². The Balaban J connectivity index is 1.53. The lowest BCUT2D eigenvalue weighted by Gasteiger charge is -2.26. The Morgan fingerprint density at radius 1 is 1.02 bits per heavy atom. The number of aliphatic imine (C=N–C) groups is 1. The molecule has 0 spiro atoms. The van der Waals surface area contributed by atoms with E-state index >= 15 is 0 Å². The summed E-state index contributed by atoms with van der Waals surface area (Å²) in [6.45, 7) is 1.25. The van der Waals surface area contributed by atoms with Crippen molar-refractivity contribution in [1.29, 1.82) is 0 Å². The summed E-state index contributed by atoms with van der Waals surface area (Å²) in [5, 5.41) is 20.9. The van der Waals surface area contributed by atoms with Crippen molar-refractivity contribution < 1.29 is 34.1 Å². The zero-order valence-corrected chi connectivity index (χ0v) is 21.8. The van der Waals surface area contributed by atoms with Crippen LogP contribution < -0.4 is 16.2 Å². The fourth-order valence-electron chi connectivity index (χ4n) is 3.71. The molecule has 0 bridgehead atoms. The largest absolute Gasteiger partial charge is 0.480 e. The van der Waals surface area contributed by atoms with Gasteiger partial charge in [0.1, 0.15) is 22.4 Å². The van der Waals surface area contributed by atoms with Gasteiger partial charge in [0.05, 0.1) is 16.8 Å². The number of aromatic nitrogens is 1. The standard InChI is InChI=1S/C27H23N5O7S/c1-14(24(34)35)32(12-15-10-22(25(36)37)40-13-15)23(33)21-8-4-17-11-19(7-9-20(17)31-21)39-26(38)16-2-5-18(6-3-16)30-27(28)29/h2-11,13-14H,12H2,1H3,(H,34,35)(H,36,37)(H4,28,29,30)/t14-/m1/s1. The first-order chi connectivity index (χ1) is 19.0. The number of guanidine groups is 1. The summed E-state index contributed by atoms with van der Waals surface area (Å²) in [6, 6.07) is 14.1. The number of carbonyl (C=O) groups is 4. The average molecular weight is 562 g/mol. The molecule has 40 heavy (non-hydrogen) atoms. The normalized spacial score (nSPS) is 11.4. The molecule has 204 valence electrons. The number of nitrogens with two attached hydrogens (primary N) is 2. The fourth-order valence-corrected chi connectivity index (χ4v) is 4.45. The van der Waals surface area contributed by atoms with Crippen LogP contribution in [0, 0.1) is 0 Å². The number of fused-ring (bicyclic) bond motifs is 1. The van der Waals surface area contributed by atoms with Gasteiger partial charge in [-0.3, -0.25) is 4.79 Å². The third-order valence-electron chi connectivity index (χ3n) is 5.75. The molecule has 2 heterocycles. The van der Waals surface area contributed by atoms with Crippen LogP contribution in [0.1, 0.15) is 43.0 Å². The number of carboxylic acids is 2. The van der Waals surface area contributed by atoms with Gasteiger partial charge in [-0.2, -0.15) is 0 Å². The van der Waals surface area contributed by atoms with Crippen molar-refractivity contribution in [2.45, 2.75) is 19.5 Å². The predicted molar refractivity (Wildman–Crippen MR) is 147 cm³/mol. The third kappa shape index (κ3) is 6.39. The Morgan fingerprint density at radius 3 is 2.38 bits per heavy atom. The summed E-state index contributed by atoms with van der Waals surface area (Å²) in [6.07, 6.45) is 0. The Morgan fingerprint density at radius 2 is 1.75 bits per heavy atom. The van der Waals surface area contributed by atoms with E-state index in [1.165, 1.54) is 37.3 Å². The van der Waals surface area contributed by atoms with Crippen LogP contribution in [-0.4, -0.2) is 55.9 Å². The van der Waals surface area contributed by atoms with E-state index in [9.17, 15) is 24.3 Å². The first-order valence-corrected chi connectivity index (χ1v) is 12.6. The number of carbonyl (C=O) groups excluding carboxylic acids is 2. The van der Waals surface area contributed by atoms with Crippen molar-refractivity contribution in [1.82, 2.24) is 9.88 Å². The van der Waals surface area contributed by atoms with Crippen molar-refractivity contribution in [3.63, 3.8) is 0 Å². The van der Waals surface area contributed by atoms with Crippen LogP contribution in [-0.2, 0) is 11.3 Å². The van der Waals surface area contributed by atoms with Crippen molar-refractivity contribution in [2.24, 2.45) is 16.5 Å². The van der Waals surface area contributed by atoms with Gasteiger partial charge in [-0.15, -0.1) is 11.3 Å². The molecule has 0 radical (unpaired) electrons. The zero-order chi connectivity index (χ0) is 29.0. The lowest BCUT2D eigenvalue weighted by Crippen LogP contribution is -2.43. The van der Waals surface area contributed by atoms with Gasteiger partial charge in [0, 0.05) is 11.9 Å². The van der Waals surface area contributed by atoms with Crippen molar-refractivity contribution in [3.05, 3.63) is 87.7 Å². The average Bonchev–Trinajstić information content (AvgIpc) is 3.40. The van der Waals surface area contributed by atoms with Crippen LogP contribution in [0.3, 0.4) is 0 Å². The molecule has 6 N–H and O–H groups in total. The molecule has 1 atom stereocenters. The van der Waals surface area contributed by atoms with Gasteiger partial charge in [-0.05, 0) is 72.5 Å². The second-order valence-corrected chi connectivity index (χ2v) is 9.51. The van der Waals surface area contributed by atoms with Gasteiger partial charge in [0.25, 0.3) is 5.91 Å². The summed E-state index contributed by atoms with van der Waals surface area (Å²) in [5.74, 6) is -3.43. The van der Waals surface area contributed by atoms with E-state index in [0.717, 1.165) is 16.2 Å².